The summed E-state index contributed by atoms with van der Waals surface area (Å²) in [5.74, 6) is 1.36. The van der Waals surface area contributed by atoms with E-state index in [1.54, 1.807) is 12.3 Å². The third-order valence-corrected chi connectivity index (χ3v) is 5.04. The molecule has 1 N–H and O–H groups in total. The van der Waals surface area contributed by atoms with Gasteiger partial charge in [-0.05, 0) is 30.5 Å². The highest BCUT2D eigenvalue weighted by Gasteiger charge is 2.20. The molecule has 2 aliphatic heterocycles. The van der Waals surface area contributed by atoms with Crippen LogP contribution in [0, 0.1) is 5.82 Å². The Balaban J connectivity index is 1.29. The SMILES string of the molecule is Fc1cncc(CN2CCC(Nc3ccnc(N4CCOCC4)n3)CC2)c1. The van der Waals surface area contributed by atoms with Gasteiger partial charge in [-0.25, -0.2) is 9.37 Å². The number of anilines is 2. The van der Waals surface area contributed by atoms with E-state index in [0.717, 1.165) is 76.1 Å². The van der Waals surface area contributed by atoms with Gasteiger partial charge in [-0.15, -0.1) is 0 Å². The van der Waals surface area contributed by atoms with Gasteiger partial charge < -0.3 is 15.0 Å². The molecule has 7 nitrogen and oxygen atoms in total. The fourth-order valence-electron chi connectivity index (χ4n) is 3.59. The number of hydrogen-bond donors (Lipinski definition) is 1. The van der Waals surface area contributed by atoms with E-state index in [1.165, 1.54) is 6.20 Å². The Kier molecular flexibility index (Phi) is 5.74. The van der Waals surface area contributed by atoms with E-state index in [9.17, 15) is 4.39 Å². The molecule has 144 valence electrons. The molecular weight excluding hydrogens is 347 g/mol. The first-order chi connectivity index (χ1) is 13.3. The Morgan fingerprint density at radius 2 is 1.96 bits per heavy atom. The molecule has 0 aliphatic carbocycles. The predicted molar refractivity (Wildman–Crippen MR) is 101 cm³/mol. The van der Waals surface area contributed by atoms with Gasteiger partial charge in [0.1, 0.15) is 11.6 Å². The van der Waals surface area contributed by atoms with Gasteiger partial charge in [0.05, 0.1) is 19.4 Å². The molecule has 0 saturated carbocycles. The van der Waals surface area contributed by atoms with Crippen molar-refractivity contribution in [2.75, 3.05) is 49.6 Å². The number of ether oxygens (including phenoxy) is 1. The summed E-state index contributed by atoms with van der Waals surface area (Å²) in [6, 6.07) is 3.87. The van der Waals surface area contributed by atoms with Gasteiger partial charge in [-0.3, -0.25) is 9.88 Å². The lowest BCUT2D eigenvalue weighted by atomic mass is 10.0. The monoisotopic (exact) mass is 372 g/mol. The molecule has 0 aromatic carbocycles. The van der Waals surface area contributed by atoms with Crippen molar-refractivity contribution in [1.82, 2.24) is 19.9 Å². The second kappa shape index (κ2) is 8.58. The number of nitrogens with one attached hydrogen (secondary N) is 1. The van der Waals surface area contributed by atoms with Crippen LogP contribution in [0.5, 0.6) is 0 Å². The van der Waals surface area contributed by atoms with Crippen LogP contribution in [0.1, 0.15) is 18.4 Å². The van der Waals surface area contributed by atoms with Gasteiger partial charge in [-0.1, -0.05) is 0 Å². The van der Waals surface area contributed by atoms with Crippen molar-refractivity contribution in [1.29, 1.82) is 0 Å². The van der Waals surface area contributed by atoms with Crippen molar-refractivity contribution in [3.63, 3.8) is 0 Å². The summed E-state index contributed by atoms with van der Waals surface area (Å²) in [5.41, 5.74) is 0.923. The van der Waals surface area contributed by atoms with Crippen LogP contribution in [0.4, 0.5) is 16.2 Å². The van der Waals surface area contributed by atoms with Gasteiger partial charge in [0.15, 0.2) is 0 Å². The highest BCUT2D eigenvalue weighted by molar-refractivity contribution is 5.42. The van der Waals surface area contributed by atoms with Crippen molar-refractivity contribution < 1.29 is 9.13 Å². The minimum absolute atomic E-state index is 0.274. The van der Waals surface area contributed by atoms with E-state index in [1.807, 2.05) is 12.3 Å². The van der Waals surface area contributed by atoms with Crippen LogP contribution in [0.15, 0.2) is 30.7 Å². The fraction of sp³-hybridized carbons (Fsp3) is 0.526. The summed E-state index contributed by atoms with van der Waals surface area (Å²) < 4.78 is 18.7. The second-order valence-electron chi connectivity index (χ2n) is 7.05. The zero-order chi connectivity index (χ0) is 18.5. The number of hydrogen-bond acceptors (Lipinski definition) is 7. The van der Waals surface area contributed by atoms with E-state index in [2.05, 4.69) is 30.1 Å². The molecule has 0 atom stereocenters. The number of halogens is 1. The Labute approximate surface area is 158 Å². The van der Waals surface area contributed by atoms with Gasteiger partial charge in [0.25, 0.3) is 0 Å². The maximum atomic E-state index is 13.3. The van der Waals surface area contributed by atoms with Crippen molar-refractivity contribution in [2.24, 2.45) is 0 Å². The van der Waals surface area contributed by atoms with Crippen LogP contribution in [0.3, 0.4) is 0 Å². The van der Waals surface area contributed by atoms with E-state index >= 15 is 0 Å². The lowest BCUT2D eigenvalue weighted by Gasteiger charge is -2.32. The largest absolute Gasteiger partial charge is 0.378 e. The molecule has 2 aromatic heterocycles. The van der Waals surface area contributed by atoms with Crippen LogP contribution >= 0.6 is 0 Å². The summed E-state index contributed by atoms with van der Waals surface area (Å²) in [6.45, 7) is 5.78. The normalized spacial score (nSPS) is 19.2. The van der Waals surface area contributed by atoms with Crippen molar-refractivity contribution in [3.8, 4) is 0 Å². The predicted octanol–water partition coefficient (Wildman–Crippen LogP) is 1.92. The number of pyridine rings is 1. The molecule has 2 fully saturated rings. The Morgan fingerprint density at radius 1 is 1.15 bits per heavy atom. The van der Waals surface area contributed by atoms with Gasteiger partial charge >= 0.3 is 0 Å². The van der Waals surface area contributed by atoms with Gasteiger partial charge in [0, 0.05) is 51.2 Å². The average Bonchev–Trinajstić information content (AvgIpc) is 2.70. The summed E-state index contributed by atoms with van der Waals surface area (Å²) in [6.07, 6.45) is 6.85. The first-order valence-corrected chi connectivity index (χ1v) is 9.50. The first-order valence-electron chi connectivity index (χ1n) is 9.50. The lowest BCUT2D eigenvalue weighted by molar-refractivity contribution is 0.122. The molecule has 0 unspecified atom stereocenters. The number of likely N-dealkylation sites (tertiary alicyclic amines) is 1. The van der Waals surface area contributed by atoms with E-state index < -0.39 is 0 Å². The molecule has 0 spiro atoms. The minimum atomic E-state index is -0.274. The second-order valence-corrected chi connectivity index (χ2v) is 7.05. The third kappa shape index (κ3) is 4.90. The number of nitrogens with zero attached hydrogens (tertiary/aromatic N) is 5. The molecule has 0 bridgehead atoms. The van der Waals surface area contributed by atoms with Gasteiger partial charge in [0.2, 0.25) is 5.95 Å². The highest BCUT2D eigenvalue weighted by Crippen LogP contribution is 2.19. The van der Waals surface area contributed by atoms with Crippen molar-refractivity contribution >= 4 is 11.8 Å². The molecule has 27 heavy (non-hydrogen) atoms. The summed E-state index contributed by atoms with van der Waals surface area (Å²) >= 11 is 0. The fourth-order valence-corrected chi connectivity index (χ4v) is 3.59. The molecule has 2 aromatic rings. The van der Waals surface area contributed by atoms with Crippen molar-refractivity contribution in [3.05, 3.63) is 42.1 Å². The van der Waals surface area contributed by atoms with E-state index in [-0.39, 0.29) is 5.82 Å². The van der Waals surface area contributed by atoms with Crippen LogP contribution in [-0.2, 0) is 11.3 Å². The molecule has 8 heteroatoms. The summed E-state index contributed by atoms with van der Waals surface area (Å²) in [4.78, 5) is 17.5. The molecule has 2 saturated heterocycles. The highest BCUT2D eigenvalue weighted by atomic mass is 19.1. The van der Waals surface area contributed by atoms with Crippen LogP contribution in [0.25, 0.3) is 0 Å². The molecular formula is C19H25FN6O. The maximum Gasteiger partial charge on any atom is 0.227 e. The molecule has 0 radical (unpaired) electrons. The molecule has 0 amide bonds. The zero-order valence-corrected chi connectivity index (χ0v) is 15.4. The number of morpholine rings is 1. The number of aromatic nitrogens is 3. The van der Waals surface area contributed by atoms with Crippen LogP contribution in [-0.4, -0.2) is 65.3 Å². The Hall–Kier alpha value is -2.32. The summed E-state index contributed by atoms with van der Waals surface area (Å²) in [5, 5.41) is 3.55. The minimum Gasteiger partial charge on any atom is -0.378 e. The topological polar surface area (TPSA) is 66.4 Å². The smallest absolute Gasteiger partial charge is 0.227 e. The Morgan fingerprint density at radius 3 is 2.74 bits per heavy atom. The van der Waals surface area contributed by atoms with Gasteiger partial charge in [-0.2, -0.15) is 4.98 Å². The lowest BCUT2D eigenvalue weighted by Crippen LogP contribution is -2.39. The molecule has 4 rings (SSSR count). The molecule has 4 heterocycles. The average molecular weight is 372 g/mol. The zero-order valence-electron chi connectivity index (χ0n) is 15.4. The van der Waals surface area contributed by atoms with E-state index in [0.29, 0.717) is 6.04 Å². The quantitative estimate of drug-likeness (QED) is 0.860. The van der Waals surface area contributed by atoms with Crippen molar-refractivity contribution in [2.45, 2.75) is 25.4 Å². The number of piperidine rings is 1. The Bertz CT molecular complexity index is 746. The summed E-state index contributed by atoms with van der Waals surface area (Å²) in [7, 11) is 0. The standard InChI is InChI=1S/C19H25FN6O/c20-16-11-15(12-21-13-16)14-25-5-2-17(3-6-25)23-18-1-4-22-19(24-18)26-7-9-27-10-8-26/h1,4,11-13,17H,2-3,5-10,14H2,(H,22,23,24). The third-order valence-electron chi connectivity index (χ3n) is 5.04. The number of rotatable bonds is 5. The van der Waals surface area contributed by atoms with Crippen LogP contribution < -0.4 is 10.2 Å². The maximum absolute atomic E-state index is 13.3. The first kappa shape index (κ1) is 18.1. The van der Waals surface area contributed by atoms with E-state index in [4.69, 9.17) is 4.74 Å². The van der Waals surface area contributed by atoms with Crippen LogP contribution in [0.2, 0.25) is 0 Å². The molecule has 2 aliphatic rings.